The molecule has 0 bridgehead atoms. The third-order valence-electron chi connectivity index (χ3n) is 3.59. The van der Waals surface area contributed by atoms with Crippen LogP contribution in [0.25, 0.3) is 0 Å². The van der Waals surface area contributed by atoms with Gasteiger partial charge in [-0.3, -0.25) is 19.7 Å². The Labute approximate surface area is 144 Å². The Morgan fingerprint density at radius 2 is 2.00 bits per heavy atom. The average molecular weight is 351 g/mol. The molecule has 136 valence electrons. The van der Waals surface area contributed by atoms with Crippen molar-refractivity contribution in [2.24, 2.45) is 5.73 Å². The first kappa shape index (κ1) is 18.7. The van der Waals surface area contributed by atoms with Crippen molar-refractivity contribution in [1.29, 1.82) is 0 Å². The number of nitrogens with two attached hydrogens (primary N) is 1. The molecule has 1 aromatic rings. The molecule has 0 heterocycles. The van der Waals surface area contributed by atoms with Crippen molar-refractivity contribution in [2.45, 2.75) is 51.9 Å². The van der Waals surface area contributed by atoms with Crippen LogP contribution in [-0.4, -0.2) is 33.7 Å². The quantitative estimate of drug-likeness (QED) is 0.504. The van der Waals surface area contributed by atoms with Crippen LogP contribution in [0, 0.1) is 10.1 Å². The summed E-state index contributed by atoms with van der Waals surface area (Å²) in [7, 11) is 0. The van der Waals surface area contributed by atoms with Crippen LogP contribution in [0.15, 0.2) is 18.2 Å². The molecule has 9 nitrogen and oxygen atoms in total. The molecule has 25 heavy (non-hydrogen) atoms. The standard InChI is InChI=1S/C16H21N3O6/c1-9(20)24-13-7-10-5-6-11(19(22)23)8-12(10)14(13)18(15(17)21)25-16(2,3)4/h5-6,8,13-14H,7H2,1-4H3,(H2,17,21). The van der Waals surface area contributed by atoms with Gasteiger partial charge in [-0.2, -0.15) is 5.06 Å². The lowest BCUT2D eigenvalue weighted by molar-refractivity contribution is -0.385. The Balaban J connectivity index is 2.52. The maximum absolute atomic E-state index is 12.0. The third kappa shape index (κ3) is 4.24. The lowest BCUT2D eigenvalue weighted by Gasteiger charge is -2.35. The summed E-state index contributed by atoms with van der Waals surface area (Å²) in [6.07, 6.45) is -0.446. The highest BCUT2D eigenvalue weighted by Crippen LogP contribution is 2.40. The highest BCUT2D eigenvalue weighted by molar-refractivity contribution is 5.72. The summed E-state index contributed by atoms with van der Waals surface area (Å²) in [6, 6.07) is 2.56. The van der Waals surface area contributed by atoms with Gasteiger partial charge in [0.05, 0.1) is 10.5 Å². The van der Waals surface area contributed by atoms with Crippen molar-refractivity contribution in [3.05, 3.63) is 39.4 Å². The van der Waals surface area contributed by atoms with Gasteiger partial charge in [-0.15, -0.1) is 0 Å². The zero-order valence-electron chi connectivity index (χ0n) is 14.5. The van der Waals surface area contributed by atoms with Crippen LogP contribution in [0.3, 0.4) is 0 Å². The molecular formula is C16H21N3O6. The summed E-state index contributed by atoms with van der Waals surface area (Å²) in [5.74, 6) is -0.530. The molecule has 1 aromatic carbocycles. The van der Waals surface area contributed by atoms with Crippen LogP contribution in [0.1, 0.15) is 44.9 Å². The number of hydrogen-bond donors (Lipinski definition) is 1. The minimum absolute atomic E-state index is 0.132. The number of hydrogen-bond acceptors (Lipinski definition) is 6. The van der Waals surface area contributed by atoms with Gasteiger partial charge in [0.1, 0.15) is 12.1 Å². The van der Waals surface area contributed by atoms with Crippen molar-refractivity contribution in [3.63, 3.8) is 0 Å². The smallest absolute Gasteiger partial charge is 0.339 e. The third-order valence-corrected chi connectivity index (χ3v) is 3.59. The van der Waals surface area contributed by atoms with Gasteiger partial charge in [-0.1, -0.05) is 6.07 Å². The summed E-state index contributed by atoms with van der Waals surface area (Å²) in [4.78, 5) is 39.6. The normalized spacial score (nSPS) is 19.2. The van der Waals surface area contributed by atoms with E-state index in [-0.39, 0.29) is 5.69 Å². The molecule has 0 spiro atoms. The topological polar surface area (TPSA) is 125 Å². The Kier molecular flexibility index (Phi) is 4.98. The number of esters is 1. The Hall–Kier alpha value is -2.68. The van der Waals surface area contributed by atoms with Gasteiger partial charge >= 0.3 is 12.0 Å². The monoisotopic (exact) mass is 351 g/mol. The first-order chi connectivity index (χ1) is 11.5. The maximum atomic E-state index is 12.0. The number of carbonyl (C=O) groups is 2. The highest BCUT2D eigenvalue weighted by Gasteiger charge is 2.43. The lowest BCUT2D eigenvalue weighted by Crippen LogP contribution is -2.47. The van der Waals surface area contributed by atoms with Crippen molar-refractivity contribution in [1.82, 2.24) is 5.06 Å². The van der Waals surface area contributed by atoms with Crippen LogP contribution >= 0.6 is 0 Å². The SMILES string of the molecule is CC(=O)OC1Cc2ccc([N+](=O)[O-])cc2C1N(OC(C)(C)C)C(N)=O. The van der Waals surface area contributed by atoms with Crippen LogP contribution in [0.4, 0.5) is 10.5 Å². The summed E-state index contributed by atoms with van der Waals surface area (Å²) in [5, 5.41) is 12.0. The van der Waals surface area contributed by atoms with Crippen molar-refractivity contribution in [3.8, 4) is 0 Å². The van der Waals surface area contributed by atoms with Crippen LogP contribution in [0.5, 0.6) is 0 Å². The van der Waals surface area contributed by atoms with Gasteiger partial charge in [0.25, 0.3) is 5.69 Å². The fraction of sp³-hybridized carbons (Fsp3) is 0.500. The first-order valence-electron chi connectivity index (χ1n) is 7.72. The second-order valence-electron chi connectivity index (χ2n) is 6.80. The van der Waals surface area contributed by atoms with Gasteiger partial charge in [0.15, 0.2) is 0 Å². The van der Waals surface area contributed by atoms with E-state index in [0.717, 1.165) is 10.6 Å². The zero-order valence-corrected chi connectivity index (χ0v) is 14.5. The molecule has 2 atom stereocenters. The summed E-state index contributed by atoms with van der Waals surface area (Å²) in [6.45, 7) is 6.44. The van der Waals surface area contributed by atoms with Gasteiger partial charge in [-0.25, -0.2) is 4.79 Å². The fourth-order valence-corrected chi connectivity index (χ4v) is 2.82. The predicted molar refractivity (Wildman–Crippen MR) is 87.4 cm³/mol. The first-order valence-corrected chi connectivity index (χ1v) is 7.72. The van der Waals surface area contributed by atoms with Crippen molar-refractivity contribution in [2.75, 3.05) is 0 Å². The minimum atomic E-state index is -0.878. The van der Waals surface area contributed by atoms with E-state index in [1.807, 2.05) is 0 Å². The van der Waals surface area contributed by atoms with Crippen LogP contribution in [-0.2, 0) is 20.8 Å². The number of nitrogens with zero attached hydrogens (tertiary/aromatic N) is 2. The maximum Gasteiger partial charge on any atom is 0.339 e. The van der Waals surface area contributed by atoms with Crippen LogP contribution < -0.4 is 5.73 Å². The molecule has 9 heteroatoms. The number of primary amides is 1. The van der Waals surface area contributed by atoms with E-state index < -0.39 is 34.7 Å². The fourth-order valence-electron chi connectivity index (χ4n) is 2.82. The molecule has 0 aliphatic heterocycles. The molecule has 1 aliphatic carbocycles. The summed E-state index contributed by atoms with van der Waals surface area (Å²) < 4.78 is 5.31. The van der Waals surface area contributed by atoms with Crippen molar-refractivity contribution >= 4 is 17.7 Å². The lowest BCUT2D eigenvalue weighted by atomic mass is 10.1. The van der Waals surface area contributed by atoms with E-state index in [2.05, 4.69) is 0 Å². The predicted octanol–water partition coefficient (Wildman–Crippen LogP) is 2.23. The Morgan fingerprint density at radius 3 is 2.48 bits per heavy atom. The number of hydroxylamine groups is 2. The Morgan fingerprint density at radius 1 is 1.36 bits per heavy atom. The minimum Gasteiger partial charge on any atom is -0.460 e. The number of amides is 2. The molecule has 2 N–H and O–H groups in total. The number of non-ortho nitro benzene ring substituents is 1. The molecule has 2 amide bonds. The number of ether oxygens (including phenoxy) is 1. The number of benzene rings is 1. The van der Waals surface area contributed by atoms with Gasteiger partial charge in [-0.05, 0) is 31.9 Å². The van der Waals surface area contributed by atoms with E-state index in [1.165, 1.54) is 19.1 Å². The van der Waals surface area contributed by atoms with Gasteiger partial charge in [0.2, 0.25) is 0 Å². The second kappa shape index (κ2) is 6.67. The molecule has 0 fully saturated rings. The van der Waals surface area contributed by atoms with E-state index >= 15 is 0 Å². The molecule has 1 aliphatic rings. The molecule has 2 unspecified atom stereocenters. The molecule has 0 saturated heterocycles. The van der Waals surface area contributed by atoms with Gasteiger partial charge in [0, 0.05) is 25.5 Å². The number of rotatable bonds is 4. The molecule has 0 radical (unpaired) electrons. The number of carbonyl (C=O) groups excluding carboxylic acids is 2. The number of nitro benzene ring substituents is 1. The van der Waals surface area contributed by atoms with Crippen LogP contribution in [0.2, 0.25) is 0 Å². The van der Waals surface area contributed by atoms with E-state index in [9.17, 15) is 19.7 Å². The van der Waals surface area contributed by atoms with E-state index in [4.69, 9.17) is 15.3 Å². The number of urea groups is 1. The number of fused-ring (bicyclic) bond motifs is 1. The molecule has 0 aromatic heterocycles. The van der Waals surface area contributed by atoms with E-state index in [0.29, 0.717) is 12.0 Å². The molecule has 0 saturated carbocycles. The highest BCUT2D eigenvalue weighted by atomic mass is 16.7. The van der Waals surface area contributed by atoms with E-state index in [1.54, 1.807) is 26.8 Å². The summed E-state index contributed by atoms with van der Waals surface area (Å²) >= 11 is 0. The molecule has 2 rings (SSSR count). The summed E-state index contributed by atoms with van der Waals surface area (Å²) in [5.41, 5.74) is 5.78. The largest absolute Gasteiger partial charge is 0.460 e. The van der Waals surface area contributed by atoms with Gasteiger partial charge < -0.3 is 10.5 Å². The van der Waals surface area contributed by atoms with Crippen molar-refractivity contribution < 1.29 is 24.1 Å². The second-order valence-corrected chi connectivity index (χ2v) is 6.80. The Bertz CT molecular complexity index is 712. The zero-order chi connectivity index (χ0) is 18.9. The molecular weight excluding hydrogens is 330 g/mol. The number of nitro groups is 1. The average Bonchev–Trinajstić information content (AvgIpc) is 2.79.